The molecule has 0 saturated heterocycles. The summed E-state index contributed by atoms with van der Waals surface area (Å²) in [5, 5.41) is 13.6. The molecular weight excluding hydrogens is 354 g/mol. The number of hydrogen-bond acceptors (Lipinski definition) is 4. The van der Waals surface area contributed by atoms with Gasteiger partial charge in [0.05, 0.1) is 0 Å². The molecule has 0 rings (SSSR count). The predicted octanol–water partition coefficient (Wildman–Crippen LogP) is 2.24. The van der Waals surface area contributed by atoms with Crippen molar-refractivity contribution in [3.8, 4) is 0 Å². The first kappa shape index (κ1) is 33.6. The molecule has 21 heavy (non-hydrogen) atoms. The molecule has 0 unspecified atom stereocenters. The fourth-order valence-corrected chi connectivity index (χ4v) is 1.62. The van der Waals surface area contributed by atoms with E-state index in [0.717, 1.165) is 52.4 Å². The maximum atomic E-state index is 3.46. The summed E-state index contributed by atoms with van der Waals surface area (Å²) < 4.78 is 0. The van der Waals surface area contributed by atoms with Crippen LogP contribution in [0.2, 0.25) is 0 Å². The van der Waals surface area contributed by atoms with Gasteiger partial charge in [0.15, 0.2) is 0 Å². The highest BCUT2D eigenvalue weighted by Gasteiger charge is 1.90. The third-order valence-electron chi connectivity index (χ3n) is 2.62. The van der Waals surface area contributed by atoms with Gasteiger partial charge >= 0.3 is 0 Å². The van der Waals surface area contributed by atoms with Gasteiger partial charge in [-0.2, -0.15) is 0 Å². The molecule has 0 spiro atoms. The zero-order valence-electron chi connectivity index (χ0n) is 13.4. The van der Waals surface area contributed by atoms with Crippen LogP contribution in [-0.2, 0) is 0 Å². The maximum Gasteiger partial charge on any atom is -0.00368 e. The second kappa shape index (κ2) is 32.8. The summed E-state index contributed by atoms with van der Waals surface area (Å²) in [6.07, 6.45) is 3.68. The first-order valence-electron chi connectivity index (χ1n) is 7.24. The summed E-state index contributed by atoms with van der Waals surface area (Å²) in [7, 11) is 0. The fraction of sp³-hybridized carbons (Fsp3) is 1.00. The van der Waals surface area contributed by atoms with Gasteiger partial charge in [0, 0.05) is 0 Å². The Balaban J connectivity index is -0.000000213. The van der Waals surface area contributed by atoms with Gasteiger partial charge in [0.25, 0.3) is 0 Å². The van der Waals surface area contributed by atoms with E-state index in [0.29, 0.717) is 0 Å². The third kappa shape index (κ3) is 33.7. The van der Waals surface area contributed by atoms with Crippen molar-refractivity contribution in [2.24, 2.45) is 0 Å². The molecule has 0 aromatic heterocycles. The predicted molar refractivity (Wildman–Crippen MR) is 106 cm³/mol. The van der Waals surface area contributed by atoms with Crippen molar-refractivity contribution >= 4 is 49.6 Å². The zero-order valence-corrected chi connectivity index (χ0v) is 16.7. The van der Waals surface area contributed by atoms with Gasteiger partial charge in [-0.15, -0.1) is 49.6 Å². The molecule has 0 heterocycles. The molecular formula is C13H36Cl4N4. The van der Waals surface area contributed by atoms with E-state index in [1.807, 2.05) is 0 Å². The van der Waals surface area contributed by atoms with Crippen molar-refractivity contribution in [3.63, 3.8) is 0 Å². The van der Waals surface area contributed by atoms with Crippen LogP contribution in [0.3, 0.4) is 0 Å². The lowest BCUT2D eigenvalue weighted by molar-refractivity contribution is 0.557. The Kier molecular flexibility index (Phi) is 52.5. The Labute approximate surface area is 156 Å². The van der Waals surface area contributed by atoms with Gasteiger partial charge in [-0.25, -0.2) is 0 Å². The lowest BCUT2D eigenvalue weighted by Crippen LogP contribution is -2.26. The summed E-state index contributed by atoms with van der Waals surface area (Å²) in [4.78, 5) is 0. The minimum Gasteiger partial charge on any atom is -0.317 e. The van der Waals surface area contributed by atoms with Crippen molar-refractivity contribution < 1.29 is 0 Å². The first-order valence-corrected chi connectivity index (χ1v) is 7.24. The number of rotatable bonds is 14. The number of nitrogens with one attached hydrogen (secondary N) is 4. The lowest BCUT2D eigenvalue weighted by Gasteiger charge is -2.07. The van der Waals surface area contributed by atoms with Crippen LogP contribution in [0, 0.1) is 0 Å². The largest absolute Gasteiger partial charge is 0.317 e. The Morgan fingerprint density at radius 3 is 0.905 bits per heavy atom. The standard InChI is InChI=1S/C13H32N4.4ClH/c1-3-14-8-5-10-16-12-7-13-17-11-6-9-15-4-2;;;;/h14-17H,3-13H2,1-2H3;4*1H. The molecule has 0 fully saturated rings. The van der Waals surface area contributed by atoms with Gasteiger partial charge in [-0.1, -0.05) is 13.8 Å². The van der Waals surface area contributed by atoms with E-state index in [1.165, 1.54) is 19.3 Å². The summed E-state index contributed by atoms with van der Waals surface area (Å²) in [5.74, 6) is 0. The normalized spacial score (nSPS) is 8.86. The Morgan fingerprint density at radius 1 is 0.429 bits per heavy atom. The lowest BCUT2D eigenvalue weighted by atomic mass is 10.3. The molecule has 8 heteroatoms. The van der Waals surface area contributed by atoms with Crippen molar-refractivity contribution in [2.75, 3.05) is 52.4 Å². The molecule has 4 N–H and O–H groups in total. The monoisotopic (exact) mass is 388 g/mol. The molecule has 0 aliphatic carbocycles. The highest BCUT2D eigenvalue weighted by atomic mass is 35.5. The Bertz CT molecular complexity index is 131. The number of hydrogen-bond donors (Lipinski definition) is 4. The zero-order chi connectivity index (χ0) is 12.6. The van der Waals surface area contributed by atoms with Gasteiger partial charge in [-0.05, 0) is 71.6 Å². The minimum atomic E-state index is 0. The molecule has 0 aromatic rings. The van der Waals surface area contributed by atoms with Crippen LogP contribution in [0.25, 0.3) is 0 Å². The molecule has 0 aliphatic rings. The molecule has 0 radical (unpaired) electrons. The van der Waals surface area contributed by atoms with E-state index in [9.17, 15) is 0 Å². The first-order chi connectivity index (χ1) is 8.41. The highest BCUT2D eigenvalue weighted by molar-refractivity contribution is 5.86. The Morgan fingerprint density at radius 2 is 0.667 bits per heavy atom. The average molecular weight is 390 g/mol. The maximum absolute atomic E-state index is 3.46. The van der Waals surface area contributed by atoms with Crippen LogP contribution < -0.4 is 21.3 Å². The van der Waals surface area contributed by atoms with Crippen molar-refractivity contribution in [1.82, 2.24) is 21.3 Å². The van der Waals surface area contributed by atoms with E-state index in [2.05, 4.69) is 35.1 Å². The van der Waals surface area contributed by atoms with Gasteiger partial charge < -0.3 is 21.3 Å². The van der Waals surface area contributed by atoms with Crippen LogP contribution in [-0.4, -0.2) is 52.4 Å². The smallest absolute Gasteiger partial charge is 0.00368 e. The SMILES string of the molecule is CCNCCCNCCCNCCCNCC.Cl.Cl.Cl.Cl. The van der Waals surface area contributed by atoms with Crippen molar-refractivity contribution in [3.05, 3.63) is 0 Å². The molecule has 0 aliphatic heterocycles. The Hall–Kier alpha value is 1.00. The van der Waals surface area contributed by atoms with Gasteiger partial charge in [0.2, 0.25) is 0 Å². The molecule has 0 atom stereocenters. The second-order valence-corrected chi connectivity index (χ2v) is 4.27. The molecule has 0 saturated carbocycles. The summed E-state index contributed by atoms with van der Waals surface area (Å²) >= 11 is 0. The fourth-order valence-electron chi connectivity index (χ4n) is 1.62. The summed E-state index contributed by atoms with van der Waals surface area (Å²) in [5.41, 5.74) is 0. The quantitative estimate of drug-likeness (QED) is 0.344. The molecule has 0 amide bonds. The molecule has 0 aromatic carbocycles. The average Bonchev–Trinajstić information content (AvgIpc) is 2.35. The molecule has 0 bridgehead atoms. The van der Waals surface area contributed by atoms with Crippen LogP contribution in [0.15, 0.2) is 0 Å². The van der Waals surface area contributed by atoms with Crippen molar-refractivity contribution in [1.29, 1.82) is 0 Å². The van der Waals surface area contributed by atoms with E-state index in [1.54, 1.807) is 0 Å². The van der Waals surface area contributed by atoms with Gasteiger partial charge in [0.1, 0.15) is 0 Å². The molecule has 136 valence electrons. The second-order valence-electron chi connectivity index (χ2n) is 4.27. The van der Waals surface area contributed by atoms with Crippen LogP contribution in [0.5, 0.6) is 0 Å². The van der Waals surface area contributed by atoms with E-state index < -0.39 is 0 Å². The van der Waals surface area contributed by atoms with Crippen LogP contribution in [0.4, 0.5) is 0 Å². The summed E-state index contributed by atoms with van der Waals surface area (Å²) in [6, 6.07) is 0. The summed E-state index contributed by atoms with van der Waals surface area (Å²) in [6.45, 7) is 13.2. The molecule has 4 nitrogen and oxygen atoms in total. The minimum absolute atomic E-state index is 0. The van der Waals surface area contributed by atoms with E-state index in [4.69, 9.17) is 0 Å². The van der Waals surface area contributed by atoms with E-state index in [-0.39, 0.29) is 49.6 Å². The van der Waals surface area contributed by atoms with Crippen LogP contribution in [0.1, 0.15) is 33.1 Å². The number of halogens is 4. The third-order valence-corrected chi connectivity index (χ3v) is 2.62. The highest BCUT2D eigenvalue weighted by Crippen LogP contribution is 1.78. The van der Waals surface area contributed by atoms with Crippen LogP contribution >= 0.6 is 49.6 Å². The van der Waals surface area contributed by atoms with E-state index >= 15 is 0 Å². The van der Waals surface area contributed by atoms with Crippen molar-refractivity contribution in [2.45, 2.75) is 33.1 Å². The topological polar surface area (TPSA) is 48.1 Å². The van der Waals surface area contributed by atoms with Gasteiger partial charge in [-0.3, -0.25) is 0 Å².